The van der Waals surface area contributed by atoms with Crippen LogP contribution in [0.4, 0.5) is 0 Å². The Labute approximate surface area is 103 Å². The topological polar surface area (TPSA) is 17.1 Å². The lowest BCUT2D eigenvalue weighted by Crippen LogP contribution is -2.19. The standard InChI is InChI=1S/C16H16O/c1-16(2)11-10-15(17)14(12-16)9-8-13-6-4-3-5-7-13/h3-7,12H,10-11H2,1-2H3. The molecule has 0 radical (unpaired) electrons. The molecular weight excluding hydrogens is 208 g/mol. The third-order valence-corrected chi connectivity index (χ3v) is 2.95. The molecule has 1 heteroatoms. The molecule has 0 fully saturated rings. The van der Waals surface area contributed by atoms with Crippen molar-refractivity contribution in [3.8, 4) is 11.8 Å². The van der Waals surface area contributed by atoms with Crippen LogP contribution >= 0.6 is 0 Å². The second-order valence-corrected chi connectivity index (χ2v) is 5.09. The van der Waals surface area contributed by atoms with Crippen molar-refractivity contribution in [1.29, 1.82) is 0 Å². The van der Waals surface area contributed by atoms with Gasteiger partial charge in [0, 0.05) is 12.0 Å². The lowest BCUT2D eigenvalue weighted by Gasteiger charge is -2.24. The highest BCUT2D eigenvalue weighted by molar-refractivity contribution is 6.00. The molecule has 0 unspecified atom stereocenters. The quantitative estimate of drug-likeness (QED) is 0.618. The predicted octanol–water partition coefficient (Wildman–Crippen LogP) is 3.35. The smallest absolute Gasteiger partial charge is 0.170 e. The molecular formula is C16H16O. The maximum Gasteiger partial charge on any atom is 0.170 e. The number of rotatable bonds is 0. The third-order valence-electron chi connectivity index (χ3n) is 2.95. The molecule has 17 heavy (non-hydrogen) atoms. The number of Topliss-reactive ketones (excluding diaryl/α,β-unsaturated/α-hetero) is 1. The van der Waals surface area contributed by atoms with Gasteiger partial charge in [-0.2, -0.15) is 0 Å². The number of hydrogen-bond acceptors (Lipinski definition) is 1. The fourth-order valence-electron chi connectivity index (χ4n) is 1.88. The van der Waals surface area contributed by atoms with E-state index in [0.29, 0.717) is 12.0 Å². The molecule has 0 heterocycles. The summed E-state index contributed by atoms with van der Waals surface area (Å²) in [5.74, 6) is 6.22. The lowest BCUT2D eigenvalue weighted by atomic mass is 9.79. The van der Waals surface area contributed by atoms with Crippen molar-refractivity contribution < 1.29 is 4.79 Å². The first-order chi connectivity index (χ1) is 8.07. The fourth-order valence-corrected chi connectivity index (χ4v) is 1.88. The van der Waals surface area contributed by atoms with E-state index in [4.69, 9.17) is 0 Å². The Hall–Kier alpha value is -1.81. The van der Waals surface area contributed by atoms with E-state index in [1.54, 1.807) is 0 Å². The van der Waals surface area contributed by atoms with Crippen LogP contribution in [-0.2, 0) is 4.79 Å². The average molecular weight is 224 g/mol. The highest BCUT2D eigenvalue weighted by Crippen LogP contribution is 2.30. The third kappa shape index (κ3) is 3.07. The lowest BCUT2D eigenvalue weighted by molar-refractivity contribution is -0.116. The van der Waals surface area contributed by atoms with E-state index >= 15 is 0 Å². The molecule has 86 valence electrons. The normalized spacial score (nSPS) is 18.0. The Morgan fingerprint density at radius 1 is 1.12 bits per heavy atom. The molecule has 1 aromatic carbocycles. The Morgan fingerprint density at radius 2 is 1.82 bits per heavy atom. The van der Waals surface area contributed by atoms with Gasteiger partial charge < -0.3 is 0 Å². The van der Waals surface area contributed by atoms with Crippen molar-refractivity contribution in [3.05, 3.63) is 47.5 Å². The van der Waals surface area contributed by atoms with E-state index in [0.717, 1.165) is 12.0 Å². The zero-order valence-electron chi connectivity index (χ0n) is 10.3. The van der Waals surface area contributed by atoms with Crippen molar-refractivity contribution in [3.63, 3.8) is 0 Å². The van der Waals surface area contributed by atoms with Crippen LogP contribution in [0.5, 0.6) is 0 Å². The van der Waals surface area contributed by atoms with Gasteiger partial charge in [0.15, 0.2) is 5.78 Å². The van der Waals surface area contributed by atoms with E-state index in [1.807, 2.05) is 36.4 Å². The van der Waals surface area contributed by atoms with Crippen molar-refractivity contribution in [2.45, 2.75) is 26.7 Å². The number of ketones is 1. The van der Waals surface area contributed by atoms with Gasteiger partial charge in [0.25, 0.3) is 0 Å². The molecule has 0 saturated carbocycles. The van der Waals surface area contributed by atoms with Crippen LogP contribution in [0, 0.1) is 17.3 Å². The zero-order valence-corrected chi connectivity index (χ0v) is 10.3. The minimum Gasteiger partial charge on any atom is -0.293 e. The highest BCUT2D eigenvalue weighted by Gasteiger charge is 2.24. The van der Waals surface area contributed by atoms with Crippen LogP contribution < -0.4 is 0 Å². The van der Waals surface area contributed by atoms with Crippen molar-refractivity contribution in [1.82, 2.24) is 0 Å². The Bertz CT molecular complexity index is 509. The molecule has 0 N–H and O–H groups in total. The van der Waals surface area contributed by atoms with Gasteiger partial charge >= 0.3 is 0 Å². The number of carbonyl (C=O) groups excluding carboxylic acids is 1. The molecule has 1 aliphatic rings. The first-order valence-corrected chi connectivity index (χ1v) is 5.90. The van der Waals surface area contributed by atoms with E-state index in [1.165, 1.54) is 0 Å². The highest BCUT2D eigenvalue weighted by atomic mass is 16.1. The Morgan fingerprint density at radius 3 is 2.53 bits per heavy atom. The summed E-state index contributed by atoms with van der Waals surface area (Å²) in [5.41, 5.74) is 1.71. The number of hydrogen-bond donors (Lipinski definition) is 0. The van der Waals surface area contributed by atoms with Gasteiger partial charge in [-0.1, -0.05) is 50.0 Å². The van der Waals surface area contributed by atoms with Gasteiger partial charge in [0.05, 0.1) is 5.57 Å². The molecule has 2 rings (SSSR count). The van der Waals surface area contributed by atoms with E-state index in [9.17, 15) is 4.79 Å². The molecule has 0 aromatic heterocycles. The molecule has 0 saturated heterocycles. The van der Waals surface area contributed by atoms with E-state index < -0.39 is 0 Å². The molecule has 0 spiro atoms. The summed E-state index contributed by atoms with van der Waals surface area (Å²) in [4.78, 5) is 11.7. The second-order valence-electron chi connectivity index (χ2n) is 5.09. The Kier molecular flexibility index (Phi) is 3.15. The van der Waals surface area contributed by atoms with Gasteiger partial charge in [0.2, 0.25) is 0 Å². The monoisotopic (exact) mass is 224 g/mol. The van der Waals surface area contributed by atoms with Crippen LogP contribution in [0.3, 0.4) is 0 Å². The number of allylic oxidation sites excluding steroid dienone is 2. The molecule has 0 amide bonds. The molecule has 1 aliphatic carbocycles. The van der Waals surface area contributed by atoms with Gasteiger partial charge in [0.1, 0.15) is 0 Å². The summed E-state index contributed by atoms with van der Waals surface area (Å²) in [6.45, 7) is 4.28. The summed E-state index contributed by atoms with van der Waals surface area (Å²) >= 11 is 0. The Balaban J connectivity index is 2.27. The summed E-state index contributed by atoms with van der Waals surface area (Å²) in [6.07, 6.45) is 3.54. The minimum atomic E-state index is 0.0919. The van der Waals surface area contributed by atoms with Crippen molar-refractivity contribution in [2.24, 2.45) is 5.41 Å². The fraction of sp³-hybridized carbons (Fsp3) is 0.312. The molecule has 0 aliphatic heterocycles. The maximum atomic E-state index is 11.7. The minimum absolute atomic E-state index is 0.0919. The van der Waals surface area contributed by atoms with Crippen LogP contribution in [0.2, 0.25) is 0 Å². The summed E-state index contributed by atoms with van der Waals surface area (Å²) in [5, 5.41) is 0. The van der Waals surface area contributed by atoms with Gasteiger partial charge in [-0.15, -0.1) is 0 Å². The largest absolute Gasteiger partial charge is 0.293 e. The number of benzene rings is 1. The van der Waals surface area contributed by atoms with Gasteiger partial charge in [-0.25, -0.2) is 0 Å². The molecule has 1 aromatic rings. The van der Waals surface area contributed by atoms with Gasteiger partial charge in [-0.3, -0.25) is 4.79 Å². The first-order valence-electron chi connectivity index (χ1n) is 5.90. The number of carbonyl (C=O) groups is 1. The summed E-state index contributed by atoms with van der Waals surface area (Å²) in [7, 11) is 0. The zero-order chi connectivity index (χ0) is 12.3. The average Bonchev–Trinajstić information content (AvgIpc) is 2.32. The van der Waals surface area contributed by atoms with E-state index in [-0.39, 0.29) is 11.2 Å². The van der Waals surface area contributed by atoms with Crippen LogP contribution in [-0.4, -0.2) is 5.78 Å². The van der Waals surface area contributed by atoms with Crippen molar-refractivity contribution >= 4 is 5.78 Å². The van der Waals surface area contributed by atoms with Crippen LogP contribution in [0.25, 0.3) is 0 Å². The SMILES string of the molecule is CC1(C)C=C(C#Cc2ccccc2)C(=O)CC1. The summed E-state index contributed by atoms with van der Waals surface area (Å²) in [6, 6.07) is 9.76. The van der Waals surface area contributed by atoms with E-state index in [2.05, 4.69) is 25.7 Å². The maximum absolute atomic E-state index is 11.7. The first kappa shape index (κ1) is 11.7. The predicted molar refractivity (Wildman–Crippen MR) is 69.4 cm³/mol. The van der Waals surface area contributed by atoms with Crippen LogP contribution in [0.1, 0.15) is 32.3 Å². The molecule has 1 nitrogen and oxygen atoms in total. The second kappa shape index (κ2) is 4.59. The van der Waals surface area contributed by atoms with Gasteiger partial charge in [-0.05, 0) is 24.0 Å². The molecule has 0 bridgehead atoms. The summed E-state index contributed by atoms with van der Waals surface area (Å²) < 4.78 is 0. The molecule has 0 atom stereocenters. The van der Waals surface area contributed by atoms with Crippen molar-refractivity contribution in [2.75, 3.05) is 0 Å². The van der Waals surface area contributed by atoms with Crippen LogP contribution in [0.15, 0.2) is 42.0 Å².